The van der Waals surface area contributed by atoms with E-state index in [2.05, 4.69) is 20.2 Å². The molecule has 4 rings (SSSR count). The monoisotopic (exact) mass is 372 g/mol. The number of nitrogens with zero attached hydrogens (tertiary/aromatic N) is 3. The Kier molecular flexibility index (Phi) is 4.48. The van der Waals surface area contributed by atoms with Crippen molar-refractivity contribution in [3.63, 3.8) is 0 Å². The van der Waals surface area contributed by atoms with E-state index in [1.54, 1.807) is 31.2 Å². The third-order valence-electron chi connectivity index (χ3n) is 4.28. The first-order chi connectivity index (χ1) is 12.6. The second-order valence-corrected chi connectivity index (χ2v) is 6.41. The first-order valence-corrected chi connectivity index (χ1v) is 8.65. The number of hydrogen-bond acceptors (Lipinski definition) is 6. The van der Waals surface area contributed by atoms with Crippen LogP contribution in [0.2, 0.25) is 5.02 Å². The number of benzene rings is 1. The van der Waals surface area contributed by atoms with Crippen molar-refractivity contribution in [1.82, 2.24) is 9.97 Å². The fourth-order valence-corrected chi connectivity index (χ4v) is 3.17. The lowest BCUT2D eigenvalue weighted by Crippen LogP contribution is -2.37. The van der Waals surface area contributed by atoms with Crippen LogP contribution >= 0.6 is 11.6 Å². The molecule has 3 aromatic rings. The van der Waals surface area contributed by atoms with E-state index in [9.17, 15) is 4.79 Å². The third-order valence-corrected chi connectivity index (χ3v) is 4.54. The second kappa shape index (κ2) is 6.93. The molecule has 26 heavy (non-hydrogen) atoms. The van der Waals surface area contributed by atoms with Gasteiger partial charge in [0.15, 0.2) is 0 Å². The van der Waals surface area contributed by atoms with E-state index in [4.69, 9.17) is 20.8 Å². The molecule has 1 saturated heterocycles. The Morgan fingerprint density at radius 2 is 1.92 bits per heavy atom. The van der Waals surface area contributed by atoms with Crippen LogP contribution in [0.25, 0.3) is 11.1 Å². The summed E-state index contributed by atoms with van der Waals surface area (Å²) in [4.78, 5) is 23.6. The topological polar surface area (TPSA) is 80.5 Å². The van der Waals surface area contributed by atoms with Crippen LogP contribution in [0.15, 0.2) is 35.0 Å². The number of aryl methyl sites for hydroxylation is 1. The van der Waals surface area contributed by atoms with E-state index in [0.717, 1.165) is 0 Å². The minimum absolute atomic E-state index is 0.270. The van der Waals surface area contributed by atoms with E-state index >= 15 is 0 Å². The zero-order chi connectivity index (χ0) is 18.1. The molecule has 0 saturated carbocycles. The Morgan fingerprint density at radius 1 is 1.19 bits per heavy atom. The zero-order valence-electron chi connectivity index (χ0n) is 14.2. The number of rotatable bonds is 3. The van der Waals surface area contributed by atoms with Crippen molar-refractivity contribution in [2.75, 3.05) is 36.5 Å². The van der Waals surface area contributed by atoms with Crippen molar-refractivity contribution in [3.05, 3.63) is 46.9 Å². The van der Waals surface area contributed by atoms with Crippen molar-refractivity contribution in [2.45, 2.75) is 6.92 Å². The van der Waals surface area contributed by atoms with Gasteiger partial charge in [0.1, 0.15) is 17.9 Å². The van der Waals surface area contributed by atoms with E-state index in [-0.39, 0.29) is 5.91 Å². The lowest BCUT2D eigenvalue weighted by atomic mass is 10.1. The van der Waals surface area contributed by atoms with Crippen LogP contribution in [0.5, 0.6) is 0 Å². The first kappa shape index (κ1) is 16.8. The maximum absolute atomic E-state index is 12.9. The number of nitrogens with one attached hydrogen (secondary N) is 1. The molecule has 1 N–H and O–H groups in total. The molecule has 0 radical (unpaired) electrons. The Morgan fingerprint density at radius 3 is 2.65 bits per heavy atom. The van der Waals surface area contributed by atoms with Gasteiger partial charge in [-0.2, -0.15) is 0 Å². The largest absolute Gasteiger partial charge is 0.442 e. The SMILES string of the molecule is Cc1oc2ncnc(N3CCOCC3)c2c1C(=O)Nc1ccc(Cl)cc1. The predicted octanol–water partition coefficient (Wildman–Crippen LogP) is 3.27. The van der Waals surface area contributed by atoms with Crippen molar-refractivity contribution < 1.29 is 13.9 Å². The Hall–Kier alpha value is -2.64. The Balaban J connectivity index is 1.75. The van der Waals surface area contributed by atoms with Gasteiger partial charge in [0.25, 0.3) is 5.91 Å². The van der Waals surface area contributed by atoms with E-state index < -0.39 is 0 Å². The summed E-state index contributed by atoms with van der Waals surface area (Å²) in [6.07, 6.45) is 1.46. The maximum Gasteiger partial charge on any atom is 0.260 e. The highest BCUT2D eigenvalue weighted by molar-refractivity contribution is 6.30. The van der Waals surface area contributed by atoms with Gasteiger partial charge in [0.05, 0.1) is 24.2 Å². The molecule has 0 unspecified atom stereocenters. The zero-order valence-corrected chi connectivity index (χ0v) is 14.9. The molecule has 0 spiro atoms. The van der Waals surface area contributed by atoms with Gasteiger partial charge < -0.3 is 19.4 Å². The molecular weight excluding hydrogens is 356 g/mol. The maximum atomic E-state index is 12.9. The Labute approximate surface area is 154 Å². The summed E-state index contributed by atoms with van der Waals surface area (Å²) in [5.41, 5.74) is 1.50. The number of carbonyl (C=O) groups is 1. The highest BCUT2D eigenvalue weighted by Gasteiger charge is 2.26. The van der Waals surface area contributed by atoms with Gasteiger partial charge in [0, 0.05) is 23.8 Å². The van der Waals surface area contributed by atoms with Crippen molar-refractivity contribution >= 4 is 40.1 Å². The van der Waals surface area contributed by atoms with E-state index in [1.807, 2.05) is 0 Å². The fourth-order valence-electron chi connectivity index (χ4n) is 3.04. The summed E-state index contributed by atoms with van der Waals surface area (Å²) in [5.74, 6) is 0.922. The molecule has 7 nitrogen and oxygen atoms in total. The van der Waals surface area contributed by atoms with Crippen molar-refractivity contribution in [3.8, 4) is 0 Å². The standard InChI is InChI=1S/C18H17ClN4O3/c1-11-14(17(24)22-13-4-2-12(19)3-5-13)15-16(20-10-21-18(15)26-11)23-6-8-25-9-7-23/h2-5,10H,6-9H2,1H3,(H,22,24). The highest BCUT2D eigenvalue weighted by atomic mass is 35.5. The average molecular weight is 373 g/mol. The summed E-state index contributed by atoms with van der Waals surface area (Å²) in [6, 6.07) is 6.94. The molecule has 0 aliphatic carbocycles. The fraction of sp³-hybridized carbons (Fsp3) is 0.278. The number of morpholine rings is 1. The smallest absolute Gasteiger partial charge is 0.260 e. The minimum Gasteiger partial charge on any atom is -0.442 e. The van der Waals surface area contributed by atoms with Gasteiger partial charge in [-0.25, -0.2) is 9.97 Å². The summed E-state index contributed by atoms with van der Waals surface area (Å²) in [6.45, 7) is 4.40. The number of hydrogen-bond donors (Lipinski definition) is 1. The summed E-state index contributed by atoms with van der Waals surface area (Å²) >= 11 is 5.90. The van der Waals surface area contributed by atoms with Gasteiger partial charge in [-0.1, -0.05) is 11.6 Å². The molecule has 134 valence electrons. The van der Waals surface area contributed by atoms with E-state index in [0.29, 0.717) is 65.3 Å². The number of halogens is 1. The number of carbonyl (C=O) groups excluding carboxylic acids is 1. The van der Waals surface area contributed by atoms with Crippen LogP contribution in [0.1, 0.15) is 16.1 Å². The van der Waals surface area contributed by atoms with Gasteiger partial charge in [-0.05, 0) is 31.2 Å². The molecule has 0 atom stereocenters. The Bertz CT molecular complexity index is 949. The second-order valence-electron chi connectivity index (χ2n) is 5.97. The molecule has 0 bridgehead atoms. The molecule has 1 aromatic carbocycles. The van der Waals surface area contributed by atoms with E-state index in [1.165, 1.54) is 6.33 Å². The van der Waals surface area contributed by atoms with Crippen LogP contribution in [0, 0.1) is 6.92 Å². The molecule has 1 aliphatic rings. The lowest BCUT2D eigenvalue weighted by Gasteiger charge is -2.28. The number of aromatic nitrogens is 2. The molecule has 1 amide bonds. The molecule has 8 heteroatoms. The normalized spacial score (nSPS) is 14.6. The molecule has 1 aliphatic heterocycles. The number of anilines is 2. The van der Waals surface area contributed by atoms with Crippen LogP contribution in [-0.4, -0.2) is 42.2 Å². The van der Waals surface area contributed by atoms with Gasteiger partial charge in [-0.3, -0.25) is 4.79 Å². The van der Waals surface area contributed by atoms with Crippen LogP contribution in [0.3, 0.4) is 0 Å². The quantitative estimate of drug-likeness (QED) is 0.760. The number of ether oxygens (including phenoxy) is 1. The number of amides is 1. The number of furan rings is 1. The summed E-state index contributed by atoms with van der Waals surface area (Å²) < 4.78 is 11.1. The summed E-state index contributed by atoms with van der Waals surface area (Å²) in [5, 5.41) is 4.11. The third kappa shape index (κ3) is 3.11. The van der Waals surface area contributed by atoms with Gasteiger partial charge in [0.2, 0.25) is 5.71 Å². The van der Waals surface area contributed by atoms with Crippen LogP contribution in [0.4, 0.5) is 11.5 Å². The predicted molar refractivity (Wildman–Crippen MR) is 99.0 cm³/mol. The lowest BCUT2D eigenvalue weighted by molar-refractivity contribution is 0.102. The molecular formula is C18H17ClN4O3. The van der Waals surface area contributed by atoms with Crippen molar-refractivity contribution in [1.29, 1.82) is 0 Å². The first-order valence-electron chi connectivity index (χ1n) is 8.27. The van der Waals surface area contributed by atoms with Crippen molar-refractivity contribution in [2.24, 2.45) is 0 Å². The molecule has 3 heterocycles. The van der Waals surface area contributed by atoms with Crippen LogP contribution in [-0.2, 0) is 4.74 Å². The highest BCUT2D eigenvalue weighted by Crippen LogP contribution is 2.32. The average Bonchev–Trinajstić information content (AvgIpc) is 3.00. The van der Waals surface area contributed by atoms with Crippen LogP contribution < -0.4 is 10.2 Å². The van der Waals surface area contributed by atoms with Gasteiger partial charge in [-0.15, -0.1) is 0 Å². The van der Waals surface area contributed by atoms with Gasteiger partial charge >= 0.3 is 0 Å². The number of fused-ring (bicyclic) bond motifs is 1. The molecule has 2 aromatic heterocycles. The molecule has 1 fully saturated rings. The summed E-state index contributed by atoms with van der Waals surface area (Å²) in [7, 11) is 0. The minimum atomic E-state index is -0.270.